The first-order valence-electron chi connectivity index (χ1n) is 7.54. The zero-order chi connectivity index (χ0) is 15.5. The van der Waals surface area contributed by atoms with E-state index in [-0.39, 0.29) is 16.3 Å². The minimum absolute atomic E-state index is 0.0716. The number of nitrogens with zero attached hydrogens (tertiary/aromatic N) is 2. The van der Waals surface area contributed by atoms with Gasteiger partial charge in [0.05, 0.1) is 13.2 Å². The van der Waals surface area contributed by atoms with Crippen LogP contribution in [0.5, 0.6) is 0 Å². The zero-order valence-corrected chi connectivity index (χ0v) is 13.5. The van der Waals surface area contributed by atoms with Crippen LogP contribution in [-0.2, 0) is 14.3 Å². The van der Waals surface area contributed by atoms with E-state index in [9.17, 15) is 9.59 Å². The van der Waals surface area contributed by atoms with E-state index in [1.54, 1.807) is 11.8 Å². The Hall–Kier alpha value is -1.53. The van der Waals surface area contributed by atoms with Crippen LogP contribution in [0.2, 0.25) is 0 Å². The van der Waals surface area contributed by atoms with E-state index in [4.69, 9.17) is 4.74 Å². The van der Waals surface area contributed by atoms with Crippen LogP contribution in [-0.4, -0.2) is 49.1 Å². The summed E-state index contributed by atoms with van der Waals surface area (Å²) in [5, 5.41) is 0.145. The highest BCUT2D eigenvalue weighted by atomic mass is 32.2. The predicted molar refractivity (Wildman–Crippen MR) is 88.5 cm³/mol. The standard InChI is InChI=1S/C16H20N2O3S/c1-12(19)22-15-10-16(20)18(11-15)14-4-2-13(3-5-14)17-6-8-21-9-7-17/h2-5,15H,6-11H2,1H3. The van der Waals surface area contributed by atoms with E-state index in [0.717, 1.165) is 37.7 Å². The van der Waals surface area contributed by atoms with Gasteiger partial charge >= 0.3 is 0 Å². The molecule has 1 aromatic rings. The molecule has 2 saturated heterocycles. The summed E-state index contributed by atoms with van der Waals surface area (Å²) in [4.78, 5) is 27.4. The van der Waals surface area contributed by atoms with E-state index in [1.807, 2.05) is 12.1 Å². The van der Waals surface area contributed by atoms with Crippen molar-refractivity contribution in [2.75, 3.05) is 42.6 Å². The third-order valence-electron chi connectivity index (χ3n) is 3.96. The summed E-state index contributed by atoms with van der Waals surface area (Å²) in [6, 6.07) is 8.09. The van der Waals surface area contributed by atoms with Gasteiger partial charge in [0.25, 0.3) is 0 Å². The smallest absolute Gasteiger partial charge is 0.228 e. The first-order chi connectivity index (χ1) is 10.6. The van der Waals surface area contributed by atoms with Crippen LogP contribution in [0.4, 0.5) is 11.4 Å². The molecule has 22 heavy (non-hydrogen) atoms. The molecule has 1 amide bonds. The summed E-state index contributed by atoms with van der Waals surface area (Å²) in [5.41, 5.74) is 2.07. The molecule has 0 spiro atoms. The van der Waals surface area contributed by atoms with Crippen molar-refractivity contribution in [1.82, 2.24) is 0 Å². The number of carbonyl (C=O) groups excluding carboxylic acids is 2. The Morgan fingerprint density at radius 3 is 2.45 bits per heavy atom. The van der Waals surface area contributed by atoms with Gasteiger partial charge in [-0.05, 0) is 24.3 Å². The number of thioether (sulfide) groups is 1. The maximum absolute atomic E-state index is 12.1. The lowest BCUT2D eigenvalue weighted by molar-refractivity contribution is -0.117. The highest BCUT2D eigenvalue weighted by molar-refractivity contribution is 8.14. The zero-order valence-electron chi connectivity index (χ0n) is 12.7. The summed E-state index contributed by atoms with van der Waals surface area (Å²) in [7, 11) is 0. The van der Waals surface area contributed by atoms with Gasteiger partial charge in [0, 0.05) is 49.6 Å². The number of amides is 1. The van der Waals surface area contributed by atoms with Gasteiger partial charge in [0.2, 0.25) is 5.91 Å². The molecule has 0 aromatic heterocycles. The largest absolute Gasteiger partial charge is 0.378 e. The lowest BCUT2D eigenvalue weighted by atomic mass is 10.2. The Morgan fingerprint density at radius 2 is 1.82 bits per heavy atom. The van der Waals surface area contributed by atoms with Crippen molar-refractivity contribution in [2.45, 2.75) is 18.6 Å². The van der Waals surface area contributed by atoms with Crippen LogP contribution < -0.4 is 9.80 Å². The summed E-state index contributed by atoms with van der Waals surface area (Å²) in [5.74, 6) is 0.0953. The van der Waals surface area contributed by atoms with Crippen LogP contribution in [0, 0.1) is 0 Å². The molecule has 6 heteroatoms. The van der Waals surface area contributed by atoms with Gasteiger partial charge in [-0.25, -0.2) is 0 Å². The van der Waals surface area contributed by atoms with Crippen LogP contribution in [0.3, 0.4) is 0 Å². The van der Waals surface area contributed by atoms with Gasteiger partial charge in [0.1, 0.15) is 0 Å². The minimum atomic E-state index is 0.0716. The molecule has 2 aliphatic rings. The van der Waals surface area contributed by atoms with Crippen molar-refractivity contribution >= 4 is 34.2 Å². The molecular formula is C16H20N2O3S. The van der Waals surface area contributed by atoms with E-state index in [2.05, 4.69) is 17.0 Å². The van der Waals surface area contributed by atoms with Gasteiger partial charge < -0.3 is 14.5 Å². The molecule has 0 bridgehead atoms. The highest BCUT2D eigenvalue weighted by Crippen LogP contribution is 2.30. The second kappa shape index (κ2) is 6.71. The van der Waals surface area contributed by atoms with Crippen LogP contribution in [0.25, 0.3) is 0 Å². The minimum Gasteiger partial charge on any atom is -0.378 e. The second-order valence-corrected chi connectivity index (χ2v) is 7.03. The number of hydrogen-bond acceptors (Lipinski definition) is 5. The lowest BCUT2D eigenvalue weighted by Crippen LogP contribution is -2.36. The fourth-order valence-electron chi connectivity index (χ4n) is 2.90. The molecule has 0 N–H and O–H groups in total. The number of anilines is 2. The van der Waals surface area contributed by atoms with Crippen molar-refractivity contribution in [3.63, 3.8) is 0 Å². The first kappa shape index (κ1) is 15.4. The van der Waals surface area contributed by atoms with Gasteiger partial charge in [-0.3, -0.25) is 9.59 Å². The third-order valence-corrected chi connectivity index (χ3v) is 4.94. The topological polar surface area (TPSA) is 49.9 Å². The van der Waals surface area contributed by atoms with Crippen LogP contribution >= 0.6 is 11.8 Å². The molecule has 1 unspecified atom stereocenters. The van der Waals surface area contributed by atoms with E-state index < -0.39 is 0 Å². The number of morpholine rings is 1. The Kier molecular flexibility index (Phi) is 4.69. The number of ether oxygens (including phenoxy) is 1. The molecule has 0 radical (unpaired) electrons. The fourth-order valence-corrected chi connectivity index (χ4v) is 3.82. The Bertz CT molecular complexity index is 555. The third kappa shape index (κ3) is 3.44. The van der Waals surface area contributed by atoms with Gasteiger partial charge in [-0.2, -0.15) is 0 Å². The second-order valence-electron chi connectivity index (χ2n) is 5.56. The molecule has 5 nitrogen and oxygen atoms in total. The summed E-state index contributed by atoms with van der Waals surface area (Å²) in [6.07, 6.45) is 0.440. The van der Waals surface area contributed by atoms with E-state index in [1.165, 1.54) is 11.8 Å². The number of carbonyl (C=O) groups is 2. The van der Waals surface area contributed by atoms with Gasteiger partial charge in [-0.1, -0.05) is 11.8 Å². The first-order valence-corrected chi connectivity index (χ1v) is 8.42. The molecule has 2 aliphatic heterocycles. The maximum atomic E-state index is 12.1. The van der Waals surface area contributed by atoms with E-state index in [0.29, 0.717) is 13.0 Å². The maximum Gasteiger partial charge on any atom is 0.228 e. The molecule has 118 valence electrons. The van der Waals surface area contributed by atoms with Crippen LogP contribution in [0.15, 0.2) is 24.3 Å². The molecule has 0 saturated carbocycles. The SMILES string of the molecule is CC(=O)SC1CC(=O)N(c2ccc(N3CCOCC3)cc2)C1. The number of hydrogen-bond donors (Lipinski definition) is 0. The highest BCUT2D eigenvalue weighted by Gasteiger charge is 2.31. The lowest BCUT2D eigenvalue weighted by Gasteiger charge is -2.29. The van der Waals surface area contributed by atoms with Crippen molar-refractivity contribution in [2.24, 2.45) is 0 Å². The summed E-state index contributed by atoms with van der Waals surface area (Å²) >= 11 is 1.27. The van der Waals surface area contributed by atoms with Crippen molar-refractivity contribution in [3.05, 3.63) is 24.3 Å². The van der Waals surface area contributed by atoms with Crippen molar-refractivity contribution in [1.29, 1.82) is 0 Å². The average Bonchev–Trinajstić information content (AvgIpc) is 2.88. The molecule has 1 aromatic carbocycles. The molecular weight excluding hydrogens is 300 g/mol. The number of benzene rings is 1. The van der Waals surface area contributed by atoms with Gasteiger partial charge in [-0.15, -0.1) is 0 Å². The monoisotopic (exact) mass is 320 g/mol. The number of rotatable bonds is 3. The fraction of sp³-hybridized carbons (Fsp3) is 0.500. The molecule has 0 aliphatic carbocycles. The molecule has 1 atom stereocenters. The predicted octanol–water partition coefficient (Wildman–Crippen LogP) is 1.91. The summed E-state index contributed by atoms with van der Waals surface area (Å²) in [6.45, 7) is 5.49. The molecule has 2 heterocycles. The molecule has 2 fully saturated rings. The normalized spacial score (nSPS) is 22.2. The molecule has 3 rings (SSSR count). The van der Waals surface area contributed by atoms with E-state index >= 15 is 0 Å². The Balaban J connectivity index is 1.67. The average molecular weight is 320 g/mol. The van der Waals surface area contributed by atoms with Crippen molar-refractivity contribution in [3.8, 4) is 0 Å². The van der Waals surface area contributed by atoms with Crippen molar-refractivity contribution < 1.29 is 14.3 Å². The van der Waals surface area contributed by atoms with Crippen LogP contribution in [0.1, 0.15) is 13.3 Å². The Morgan fingerprint density at radius 1 is 1.18 bits per heavy atom. The summed E-state index contributed by atoms with van der Waals surface area (Å²) < 4.78 is 5.36. The van der Waals surface area contributed by atoms with Gasteiger partial charge in [0.15, 0.2) is 5.12 Å². The Labute approximate surface area is 134 Å². The quantitative estimate of drug-likeness (QED) is 0.851.